The summed E-state index contributed by atoms with van der Waals surface area (Å²) in [5, 5.41) is 6.64. The number of methoxy groups -OCH3 is 1. The SMILES string of the molecule is COC1CC(C(=O)NC23CC(NC(=O)COc4ccc(Cl)c(F)c4)(C2)C3)Oc2ccc(Cl)cc21. The zero-order valence-corrected chi connectivity index (χ0v) is 19.8. The van der Waals surface area contributed by atoms with E-state index in [1.54, 1.807) is 25.3 Å². The Balaban J connectivity index is 1.11. The first kappa shape index (κ1) is 23.2. The van der Waals surface area contributed by atoms with Crippen molar-refractivity contribution >= 4 is 35.0 Å². The first-order chi connectivity index (χ1) is 16.2. The topological polar surface area (TPSA) is 85.9 Å². The number of ether oxygens (including phenoxy) is 3. The number of fused-ring (bicyclic) bond motifs is 1. The predicted molar refractivity (Wildman–Crippen MR) is 123 cm³/mol. The van der Waals surface area contributed by atoms with Gasteiger partial charge in [0, 0.05) is 41.3 Å². The molecule has 2 unspecified atom stereocenters. The van der Waals surface area contributed by atoms with Gasteiger partial charge in [0.2, 0.25) is 0 Å². The van der Waals surface area contributed by atoms with Crippen molar-refractivity contribution in [3.63, 3.8) is 0 Å². The molecule has 0 radical (unpaired) electrons. The molecular formula is C24H23Cl2FN2O5. The minimum Gasteiger partial charge on any atom is -0.484 e. The van der Waals surface area contributed by atoms with Gasteiger partial charge in [0.25, 0.3) is 11.8 Å². The van der Waals surface area contributed by atoms with Crippen LogP contribution in [0.4, 0.5) is 4.39 Å². The number of carbonyl (C=O) groups is 2. The van der Waals surface area contributed by atoms with E-state index in [2.05, 4.69) is 10.6 Å². The normalized spacial score (nSPS) is 28.5. The molecule has 2 aromatic rings. The van der Waals surface area contributed by atoms with Crippen LogP contribution in [-0.2, 0) is 14.3 Å². The van der Waals surface area contributed by atoms with Crippen molar-refractivity contribution in [3.8, 4) is 11.5 Å². The van der Waals surface area contributed by atoms with Gasteiger partial charge in [-0.3, -0.25) is 9.59 Å². The monoisotopic (exact) mass is 508 g/mol. The third kappa shape index (κ3) is 4.30. The Morgan fingerprint density at radius 3 is 2.56 bits per heavy atom. The van der Waals surface area contributed by atoms with Gasteiger partial charge in [-0.2, -0.15) is 0 Å². The van der Waals surface area contributed by atoms with Crippen LogP contribution in [-0.4, -0.2) is 42.7 Å². The summed E-state index contributed by atoms with van der Waals surface area (Å²) >= 11 is 11.7. The fourth-order valence-electron chi connectivity index (χ4n) is 5.23. The third-order valence-corrected chi connectivity index (χ3v) is 7.22. The van der Waals surface area contributed by atoms with Gasteiger partial charge in [-0.15, -0.1) is 0 Å². The predicted octanol–water partition coefficient (Wildman–Crippen LogP) is 3.96. The minimum atomic E-state index is -0.675. The van der Waals surface area contributed by atoms with Crippen molar-refractivity contribution in [2.75, 3.05) is 13.7 Å². The van der Waals surface area contributed by atoms with Crippen LogP contribution >= 0.6 is 23.2 Å². The first-order valence-electron chi connectivity index (χ1n) is 10.9. The van der Waals surface area contributed by atoms with Gasteiger partial charge >= 0.3 is 0 Å². The number of hydrogen-bond acceptors (Lipinski definition) is 5. The highest BCUT2D eigenvalue weighted by Gasteiger charge is 2.69. The van der Waals surface area contributed by atoms with Crippen LogP contribution in [0, 0.1) is 5.82 Å². The second kappa shape index (κ2) is 8.59. The highest BCUT2D eigenvalue weighted by molar-refractivity contribution is 6.31. The molecule has 180 valence electrons. The standard InChI is InChI=1S/C24H23Cl2FN2O5/c1-32-19-8-20(34-18-5-2-13(25)6-15(18)19)22(31)29-24-10-23(11-24,12-24)28-21(30)9-33-14-3-4-16(26)17(27)7-14/h2-7,19-20H,8-12H2,1H3,(H,28,30)(H,29,31). The van der Waals surface area contributed by atoms with Crippen molar-refractivity contribution < 1.29 is 28.2 Å². The highest BCUT2D eigenvalue weighted by Crippen LogP contribution is 2.60. The van der Waals surface area contributed by atoms with E-state index in [4.69, 9.17) is 37.4 Å². The zero-order valence-electron chi connectivity index (χ0n) is 18.3. The van der Waals surface area contributed by atoms with Gasteiger partial charge < -0.3 is 24.8 Å². The molecule has 7 nitrogen and oxygen atoms in total. The summed E-state index contributed by atoms with van der Waals surface area (Å²) in [4.78, 5) is 25.2. The van der Waals surface area contributed by atoms with Crippen molar-refractivity contribution in [3.05, 3.63) is 57.8 Å². The van der Waals surface area contributed by atoms with Crippen LogP contribution in [0.1, 0.15) is 37.4 Å². The van der Waals surface area contributed by atoms with E-state index in [-0.39, 0.29) is 46.4 Å². The Kier molecular flexibility index (Phi) is 5.86. The van der Waals surface area contributed by atoms with Crippen molar-refractivity contribution in [1.82, 2.24) is 10.6 Å². The largest absolute Gasteiger partial charge is 0.484 e. The maximum absolute atomic E-state index is 13.5. The fourth-order valence-corrected chi connectivity index (χ4v) is 5.53. The minimum absolute atomic E-state index is 0.0111. The molecule has 0 spiro atoms. The summed E-state index contributed by atoms with van der Waals surface area (Å²) in [7, 11) is 1.59. The number of carbonyl (C=O) groups excluding carboxylic acids is 2. The molecule has 2 amide bonds. The molecular weight excluding hydrogens is 486 g/mol. The molecule has 2 bridgehead atoms. The van der Waals surface area contributed by atoms with Gasteiger partial charge in [0.15, 0.2) is 12.7 Å². The lowest BCUT2D eigenvalue weighted by Crippen LogP contribution is -2.84. The average molecular weight is 509 g/mol. The van der Waals surface area contributed by atoms with Gasteiger partial charge in [0.1, 0.15) is 17.3 Å². The van der Waals surface area contributed by atoms with E-state index in [1.807, 2.05) is 0 Å². The lowest BCUT2D eigenvalue weighted by Gasteiger charge is -2.70. The highest BCUT2D eigenvalue weighted by atomic mass is 35.5. The molecule has 4 aliphatic rings. The quantitative estimate of drug-likeness (QED) is 0.591. The third-order valence-electron chi connectivity index (χ3n) is 6.68. The Labute approximate surface area is 205 Å². The smallest absolute Gasteiger partial charge is 0.261 e. The Hall–Kier alpha value is -2.55. The Morgan fingerprint density at radius 1 is 1.12 bits per heavy atom. The van der Waals surface area contributed by atoms with E-state index < -0.39 is 11.9 Å². The molecule has 2 aromatic carbocycles. The van der Waals surface area contributed by atoms with Crippen LogP contribution in [0.15, 0.2) is 36.4 Å². The summed E-state index contributed by atoms with van der Waals surface area (Å²) < 4.78 is 30.3. The molecule has 2 atom stereocenters. The van der Waals surface area contributed by atoms with Crippen LogP contribution in [0.2, 0.25) is 10.0 Å². The van der Waals surface area contributed by atoms with E-state index in [0.717, 1.165) is 11.6 Å². The second-order valence-corrected chi connectivity index (χ2v) is 10.1. The van der Waals surface area contributed by atoms with Gasteiger partial charge in [-0.1, -0.05) is 23.2 Å². The summed E-state index contributed by atoms with van der Waals surface area (Å²) in [6.07, 6.45) is 1.34. The summed E-state index contributed by atoms with van der Waals surface area (Å²) in [5.41, 5.74) is 0.149. The second-order valence-electron chi connectivity index (χ2n) is 9.24. The molecule has 3 aliphatic carbocycles. The average Bonchev–Trinajstić information content (AvgIpc) is 2.76. The Morgan fingerprint density at radius 2 is 1.85 bits per heavy atom. The van der Waals surface area contributed by atoms with E-state index in [1.165, 1.54) is 12.1 Å². The Bertz CT molecular complexity index is 1140. The van der Waals surface area contributed by atoms with E-state index in [9.17, 15) is 14.0 Å². The van der Waals surface area contributed by atoms with Crippen LogP contribution < -0.4 is 20.1 Å². The molecule has 1 heterocycles. The van der Waals surface area contributed by atoms with Crippen molar-refractivity contribution in [2.24, 2.45) is 0 Å². The molecule has 3 fully saturated rings. The fraction of sp³-hybridized carbons (Fsp3) is 0.417. The summed E-state index contributed by atoms with van der Waals surface area (Å²) in [6.45, 7) is -0.236. The lowest BCUT2D eigenvalue weighted by atomic mass is 9.44. The number of halogens is 3. The van der Waals surface area contributed by atoms with Crippen molar-refractivity contribution in [1.29, 1.82) is 0 Å². The lowest BCUT2D eigenvalue weighted by molar-refractivity contribution is -0.155. The molecule has 0 aromatic heterocycles. The number of amides is 2. The van der Waals surface area contributed by atoms with Crippen LogP contribution in [0.5, 0.6) is 11.5 Å². The summed E-state index contributed by atoms with van der Waals surface area (Å²) in [5.74, 6) is -0.296. The molecule has 0 saturated heterocycles. The molecule has 1 aliphatic heterocycles. The number of hydrogen-bond donors (Lipinski definition) is 2. The van der Waals surface area contributed by atoms with Gasteiger partial charge in [0.05, 0.1) is 11.1 Å². The first-order valence-corrected chi connectivity index (χ1v) is 11.7. The van der Waals surface area contributed by atoms with Crippen LogP contribution in [0.25, 0.3) is 0 Å². The molecule has 3 saturated carbocycles. The maximum atomic E-state index is 13.5. The molecule has 10 heteroatoms. The maximum Gasteiger partial charge on any atom is 0.261 e. The van der Waals surface area contributed by atoms with Crippen molar-refractivity contribution in [2.45, 2.75) is 49.0 Å². The van der Waals surface area contributed by atoms with E-state index >= 15 is 0 Å². The zero-order chi connectivity index (χ0) is 24.1. The molecule has 6 rings (SSSR count). The number of benzene rings is 2. The number of rotatable bonds is 7. The van der Waals surface area contributed by atoms with E-state index in [0.29, 0.717) is 36.5 Å². The molecule has 34 heavy (non-hydrogen) atoms. The van der Waals surface area contributed by atoms with Gasteiger partial charge in [-0.05, 0) is 49.6 Å². The number of nitrogens with one attached hydrogen (secondary N) is 2. The van der Waals surface area contributed by atoms with Gasteiger partial charge in [-0.25, -0.2) is 4.39 Å². The molecule has 2 N–H and O–H groups in total. The van der Waals surface area contributed by atoms with Crippen LogP contribution in [0.3, 0.4) is 0 Å². The summed E-state index contributed by atoms with van der Waals surface area (Å²) in [6, 6.07) is 9.26.